The van der Waals surface area contributed by atoms with Crippen molar-refractivity contribution >= 4 is 46.4 Å². The maximum Gasteiger partial charge on any atom is 0.350 e. The summed E-state index contributed by atoms with van der Waals surface area (Å²) in [6, 6.07) is 12.3. The van der Waals surface area contributed by atoms with E-state index in [1.165, 1.54) is 31.3 Å². The number of thiazole rings is 1. The smallest absolute Gasteiger partial charge is 0.350 e. The Morgan fingerprint density at radius 1 is 1.12 bits per heavy atom. The van der Waals surface area contributed by atoms with Crippen molar-refractivity contribution in [3.05, 3.63) is 69.9 Å². The first-order valence-corrected chi connectivity index (χ1v) is 10.6. The van der Waals surface area contributed by atoms with Gasteiger partial charge in [-0.25, -0.2) is 14.2 Å². The number of nitrogens with one attached hydrogen (secondary N) is 1. The number of benzene rings is 2. The number of carbonyl (C=O) groups excluding carboxylic acids is 3. The molecule has 0 bridgehead atoms. The van der Waals surface area contributed by atoms with Crippen LogP contribution in [0.1, 0.15) is 15.4 Å². The number of rotatable bonds is 7. The lowest BCUT2D eigenvalue weighted by Gasteiger charge is -2.16. The van der Waals surface area contributed by atoms with Gasteiger partial charge in [0.15, 0.2) is 6.61 Å². The van der Waals surface area contributed by atoms with Gasteiger partial charge >= 0.3 is 5.97 Å². The van der Waals surface area contributed by atoms with Gasteiger partial charge in [-0.2, -0.15) is 0 Å². The van der Waals surface area contributed by atoms with Crippen LogP contribution in [0.15, 0.2) is 48.5 Å². The Hall–Kier alpha value is -3.30. The molecule has 0 saturated carbocycles. The number of ether oxygens (including phenoxy) is 1. The van der Waals surface area contributed by atoms with Crippen molar-refractivity contribution in [3.63, 3.8) is 0 Å². The molecule has 0 aliphatic rings. The SMILES string of the molecule is Cc1nc(-c2ccc(Cl)cc2)sc1C(=O)OCC(=O)N(C)CC(=O)Nc1ccc(F)cc1. The van der Waals surface area contributed by atoms with Crippen LogP contribution in [0.2, 0.25) is 5.02 Å². The molecule has 0 aliphatic carbocycles. The number of aromatic nitrogens is 1. The number of halogens is 2. The van der Waals surface area contributed by atoms with Crippen molar-refractivity contribution in [2.45, 2.75) is 6.92 Å². The summed E-state index contributed by atoms with van der Waals surface area (Å²) < 4.78 is 18.0. The number of anilines is 1. The van der Waals surface area contributed by atoms with E-state index >= 15 is 0 Å². The van der Waals surface area contributed by atoms with Gasteiger partial charge in [0, 0.05) is 23.3 Å². The van der Waals surface area contributed by atoms with Crippen molar-refractivity contribution in [2.75, 3.05) is 25.5 Å². The number of hydrogen-bond acceptors (Lipinski definition) is 6. The molecule has 2 aromatic carbocycles. The fraction of sp³-hybridized carbons (Fsp3) is 0.182. The van der Waals surface area contributed by atoms with Crippen LogP contribution in [0.5, 0.6) is 0 Å². The van der Waals surface area contributed by atoms with Crippen LogP contribution in [0, 0.1) is 12.7 Å². The predicted molar refractivity (Wildman–Crippen MR) is 120 cm³/mol. The monoisotopic (exact) mass is 475 g/mol. The highest BCUT2D eigenvalue weighted by atomic mass is 35.5. The molecule has 1 aromatic heterocycles. The molecule has 0 spiro atoms. The van der Waals surface area contributed by atoms with Gasteiger partial charge in [-0.15, -0.1) is 11.3 Å². The van der Waals surface area contributed by atoms with Gasteiger partial charge in [0.1, 0.15) is 15.7 Å². The van der Waals surface area contributed by atoms with E-state index in [0.29, 0.717) is 26.3 Å². The number of nitrogens with zero attached hydrogens (tertiary/aromatic N) is 2. The normalized spacial score (nSPS) is 10.5. The van der Waals surface area contributed by atoms with E-state index in [2.05, 4.69) is 10.3 Å². The molecule has 3 aromatic rings. The van der Waals surface area contributed by atoms with E-state index < -0.39 is 30.2 Å². The Morgan fingerprint density at radius 3 is 2.44 bits per heavy atom. The van der Waals surface area contributed by atoms with Gasteiger partial charge < -0.3 is 15.0 Å². The third kappa shape index (κ3) is 6.12. The highest BCUT2D eigenvalue weighted by Gasteiger charge is 2.20. The van der Waals surface area contributed by atoms with Crippen molar-refractivity contribution in [1.82, 2.24) is 9.88 Å². The Kier molecular flexibility index (Phi) is 7.55. The van der Waals surface area contributed by atoms with Crippen LogP contribution in [0.25, 0.3) is 10.6 Å². The Labute approximate surface area is 192 Å². The quantitative estimate of drug-likeness (QED) is 0.518. The standard InChI is InChI=1S/C22H19ClFN3O4S/c1-13-20(32-21(25-13)14-3-5-15(23)6-4-14)22(30)31-12-19(29)27(2)11-18(28)26-17-9-7-16(24)8-10-17/h3-10H,11-12H2,1-2H3,(H,26,28). The molecular formula is C22H19ClFN3O4S. The molecule has 1 N–H and O–H groups in total. The Morgan fingerprint density at radius 2 is 1.78 bits per heavy atom. The summed E-state index contributed by atoms with van der Waals surface area (Å²) in [5, 5.41) is 3.78. The van der Waals surface area contributed by atoms with E-state index in [1.807, 2.05) is 0 Å². The summed E-state index contributed by atoms with van der Waals surface area (Å²) in [5.74, 6) is -2.11. The average Bonchev–Trinajstić information content (AvgIpc) is 3.15. The van der Waals surface area contributed by atoms with E-state index in [-0.39, 0.29) is 6.54 Å². The van der Waals surface area contributed by atoms with Gasteiger partial charge in [0.05, 0.1) is 12.2 Å². The summed E-state index contributed by atoms with van der Waals surface area (Å²) in [6.45, 7) is 0.904. The zero-order valence-corrected chi connectivity index (χ0v) is 18.8. The van der Waals surface area contributed by atoms with Gasteiger partial charge in [-0.05, 0) is 43.3 Å². The van der Waals surface area contributed by atoms with Gasteiger partial charge in [-0.1, -0.05) is 23.7 Å². The van der Waals surface area contributed by atoms with Gasteiger partial charge in [0.2, 0.25) is 5.91 Å². The molecule has 2 amide bonds. The first-order chi connectivity index (χ1) is 15.2. The number of esters is 1. The molecule has 0 aliphatic heterocycles. The van der Waals surface area contributed by atoms with E-state index in [4.69, 9.17) is 16.3 Å². The second kappa shape index (κ2) is 10.3. The lowest BCUT2D eigenvalue weighted by molar-refractivity contribution is -0.136. The number of likely N-dealkylation sites (N-methyl/N-ethyl adjacent to an activating group) is 1. The highest BCUT2D eigenvalue weighted by molar-refractivity contribution is 7.17. The second-order valence-electron chi connectivity index (χ2n) is 6.82. The van der Waals surface area contributed by atoms with Crippen LogP contribution in [0.4, 0.5) is 10.1 Å². The molecule has 0 fully saturated rings. The van der Waals surface area contributed by atoms with Crippen LogP contribution in [-0.4, -0.2) is 47.9 Å². The minimum Gasteiger partial charge on any atom is -0.451 e. The van der Waals surface area contributed by atoms with Crippen LogP contribution < -0.4 is 5.32 Å². The molecule has 166 valence electrons. The predicted octanol–water partition coefficient (Wildman–Crippen LogP) is 4.16. The second-order valence-corrected chi connectivity index (χ2v) is 8.26. The number of aryl methyl sites for hydroxylation is 1. The fourth-order valence-electron chi connectivity index (χ4n) is 2.64. The number of carbonyl (C=O) groups is 3. The van der Waals surface area contributed by atoms with Crippen molar-refractivity contribution < 1.29 is 23.5 Å². The molecule has 3 rings (SSSR count). The molecular weight excluding hydrogens is 457 g/mol. The molecule has 10 heteroatoms. The Balaban J connectivity index is 1.52. The van der Waals surface area contributed by atoms with Gasteiger partial charge in [-0.3, -0.25) is 9.59 Å². The largest absolute Gasteiger partial charge is 0.451 e. The summed E-state index contributed by atoms with van der Waals surface area (Å²) in [4.78, 5) is 42.5. The molecule has 0 saturated heterocycles. The topological polar surface area (TPSA) is 88.6 Å². The van der Waals surface area contributed by atoms with Crippen molar-refractivity contribution in [1.29, 1.82) is 0 Å². The zero-order valence-electron chi connectivity index (χ0n) is 17.2. The third-order valence-corrected chi connectivity index (χ3v) is 5.77. The Bertz CT molecular complexity index is 1130. The molecule has 0 unspecified atom stereocenters. The first kappa shape index (κ1) is 23.4. The molecule has 7 nitrogen and oxygen atoms in total. The summed E-state index contributed by atoms with van der Waals surface area (Å²) in [7, 11) is 1.41. The van der Waals surface area contributed by atoms with E-state index in [1.54, 1.807) is 31.2 Å². The van der Waals surface area contributed by atoms with Gasteiger partial charge in [0.25, 0.3) is 5.91 Å². The average molecular weight is 476 g/mol. The first-order valence-electron chi connectivity index (χ1n) is 9.43. The van der Waals surface area contributed by atoms with Crippen molar-refractivity contribution in [2.24, 2.45) is 0 Å². The molecule has 1 heterocycles. The van der Waals surface area contributed by atoms with Crippen LogP contribution in [-0.2, 0) is 14.3 Å². The minimum atomic E-state index is -0.669. The highest BCUT2D eigenvalue weighted by Crippen LogP contribution is 2.29. The minimum absolute atomic E-state index is 0.256. The number of hydrogen-bond donors (Lipinski definition) is 1. The third-order valence-electron chi connectivity index (χ3n) is 4.33. The van der Waals surface area contributed by atoms with Crippen LogP contribution in [0.3, 0.4) is 0 Å². The lowest BCUT2D eigenvalue weighted by atomic mass is 10.2. The molecule has 32 heavy (non-hydrogen) atoms. The van der Waals surface area contributed by atoms with E-state index in [0.717, 1.165) is 21.8 Å². The summed E-state index contributed by atoms with van der Waals surface area (Å²) in [6.07, 6.45) is 0. The summed E-state index contributed by atoms with van der Waals surface area (Å²) in [5.41, 5.74) is 1.70. The maximum absolute atomic E-state index is 12.9. The molecule has 0 radical (unpaired) electrons. The maximum atomic E-state index is 12.9. The van der Waals surface area contributed by atoms with Crippen LogP contribution >= 0.6 is 22.9 Å². The van der Waals surface area contributed by atoms with Crippen molar-refractivity contribution in [3.8, 4) is 10.6 Å². The fourth-order valence-corrected chi connectivity index (χ4v) is 3.73. The summed E-state index contributed by atoms with van der Waals surface area (Å²) >= 11 is 7.05. The number of amides is 2. The zero-order chi connectivity index (χ0) is 23.3. The lowest BCUT2D eigenvalue weighted by Crippen LogP contribution is -2.37. The molecule has 0 atom stereocenters. The van der Waals surface area contributed by atoms with E-state index in [9.17, 15) is 18.8 Å².